The Morgan fingerprint density at radius 2 is 1.61 bits per heavy atom. The van der Waals surface area contributed by atoms with Gasteiger partial charge in [0.1, 0.15) is 5.82 Å². The lowest BCUT2D eigenvalue weighted by atomic mass is 10.2. The lowest BCUT2D eigenvalue weighted by Crippen LogP contribution is -2.02. The van der Waals surface area contributed by atoms with Crippen molar-refractivity contribution in [3.05, 3.63) is 61.2 Å². The molecule has 94 valence electrons. The van der Waals surface area contributed by atoms with Crippen LogP contribution in [0.4, 0.5) is 10.1 Å². The first kappa shape index (κ1) is 14.0. The van der Waals surface area contributed by atoms with Crippen LogP contribution in [0, 0.1) is 5.82 Å². The summed E-state index contributed by atoms with van der Waals surface area (Å²) in [4.78, 5) is 0. The summed E-state index contributed by atoms with van der Waals surface area (Å²) in [5, 5.41) is 3.20. The van der Waals surface area contributed by atoms with Gasteiger partial charge in [0.25, 0.3) is 0 Å². The molecular formula is C13H9Br3FN. The molecule has 0 fully saturated rings. The molecule has 0 aromatic heterocycles. The van der Waals surface area contributed by atoms with Gasteiger partial charge in [-0.1, -0.05) is 37.9 Å². The molecule has 0 unspecified atom stereocenters. The summed E-state index contributed by atoms with van der Waals surface area (Å²) in [6.07, 6.45) is 0. The summed E-state index contributed by atoms with van der Waals surface area (Å²) in [5.41, 5.74) is 1.55. The number of rotatable bonds is 3. The zero-order valence-corrected chi connectivity index (χ0v) is 13.9. The normalized spacial score (nSPS) is 10.4. The molecule has 0 saturated heterocycles. The highest BCUT2D eigenvalue weighted by Gasteiger charge is 2.04. The Kier molecular flexibility index (Phi) is 4.81. The van der Waals surface area contributed by atoms with Crippen molar-refractivity contribution in [2.45, 2.75) is 6.54 Å². The van der Waals surface area contributed by atoms with Crippen LogP contribution < -0.4 is 5.32 Å². The summed E-state index contributed by atoms with van der Waals surface area (Å²) in [6, 6.07) is 10.9. The van der Waals surface area contributed by atoms with Crippen LogP contribution >= 0.6 is 47.8 Å². The molecule has 0 heterocycles. The fraction of sp³-hybridized carbons (Fsp3) is 0.0769. The maximum atomic E-state index is 13.6. The summed E-state index contributed by atoms with van der Waals surface area (Å²) < 4.78 is 16.3. The Hall–Kier alpha value is -0.390. The van der Waals surface area contributed by atoms with Crippen LogP contribution in [0.2, 0.25) is 0 Å². The predicted octanol–water partition coefficient (Wildman–Crippen LogP) is 5.73. The Balaban J connectivity index is 2.13. The van der Waals surface area contributed by atoms with Crippen molar-refractivity contribution in [1.82, 2.24) is 0 Å². The highest BCUT2D eigenvalue weighted by atomic mass is 79.9. The molecule has 1 nitrogen and oxygen atoms in total. The Morgan fingerprint density at radius 3 is 2.33 bits per heavy atom. The van der Waals surface area contributed by atoms with Gasteiger partial charge in [-0.3, -0.25) is 0 Å². The molecular weight excluding hydrogens is 429 g/mol. The SMILES string of the molecule is Fc1cc(Br)ccc1CNc1cc(Br)ccc1Br. The van der Waals surface area contributed by atoms with Gasteiger partial charge in [0.2, 0.25) is 0 Å². The predicted molar refractivity (Wildman–Crippen MR) is 83.3 cm³/mol. The average molecular weight is 438 g/mol. The Morgan fingerprint density at radius 1 is 0.944 bits per heavy atom. The second kappa shape index (κ2) is 6.17. The second-order valence-electron chi connectivity index (χ2n) is 3.71. The van der Waals surface area contributed by atoms with Gasteiger partial charge < -0.3 is 5.32 Å². The van der Waals surface area contributed by atoms with E-state index in [0.29, 0.717) is 12.1 Å². The first-order valence-corrected chi connectivity index (χ1v) is 7.57. The number of hydrogen-bond acceptors (Lipinski definition) is 1. The number of halogens is 4. The van der Waals surface area contributed by atoms with E-state index in [2.05, 4.69) is 53.1 Å². The number of benzene rings is 2. The minimum atomic E-state index is -0.219. The monoisotopic (exact) mass is 435 g/mol. The first-order valence-electron chi connectivity index (χ1n) is 5.19. The lowest BCUT2D eigenvalue weighted by Gasteiger charge is -2.10. The fourth-order valence-electron chi connectivity index (χ4n) is 1.49. The van der Waals surface area contributed by atoms with Gasteiger partial charge in [0, 0.05) is 31.2 Å². The highest BCUT2D eigenvalue weighted by molar-refractivity contribution is 9.11. The quantitative estimate of drug-likeness (QED) is 0.647. The van der Waals surface area contributed by atoms with E-state index in [1.54, 1.807) is 6.07 Å². The second-order valence-corrected chi connectivity index (χ2v) is 6.40. The highest BCUT2D eigenvalue weighted by Crippen LogP contribution is 2.27. The molecule has 18 heavy (non-hydrogen) atoms. The van der Waals surface area contributed by atoms with Crippen molar-refractivity contribution in [2.75, 3.05) is 5.32 Å². The smallest absolute Gasteiger partial charge is 0.129 e. The van der Waals surface area contributed by atoms with E-state index in [9.17, 15) is 4.39 Å². The van der Waals surface area contributed by atoms with Crippen LogP contribution in [0.5, 0.6) is 0 Å². The van der Waals surface area contributed by atoms with Crippen molar-refractivity contribution >= 4 is 53.5 Å². The van der Waals surface area contributed by atoms with E-state index < -0.39 is 0 Å². The van der Waals surface area contributed by atoms with Crippen molar-refractivity contribution < 1.29 is 4.39 Å². The maximum Gasteiger partial charge on any atom is 0.129 e. The van der Waals surface area contributed by atoms with Crippen LogP contribution in [0.25, 0.3) is 0 Å². The van der Waals surface area contributed by atoms with Crippen molar-refractivity contribution in [2.24, 2.45) is 0 Å². The zero-order chi connectivity index (χ0) is 13.1. The maximum absolute atomic E-state index is 13.6. The van der Waals surface area contributed by atoms with Gasteiger partial charge in [-0.05, 0) is 46.3 Å². The van der Waals surface area contributed by atoms with E-state index in [-0.39, 0.29) is 5.82 Å². The van der Waals surface area contributed by atoms with Crippen LogP contribution in [0.15, 0.2) is 49.8 Å². The summed E-state index contributed by atoms with van der Waals surface area (Å²) >= 11 is 10.1. The fourth-order valence-corrected chi connectivity index (χ4v) is 2.57. The van der Waals surface area contributed by atoms with Gasteiger partial charge in [0.05, 0.1) is 0 Å². The minimum absolute atomic E-state index is 0.219. The molecule has 2 rings (SSSR count). The van der Waals surface area contributed by atoms with Crippen molar-refractivity contribution in [3.8, 4) is 0 Å². The van der Waals surface area contributed by atoms with Gasteiger partial charge >= 0.3 is 0 Å². The third kappa shape index (κ3) is 3.56. The molecule has 0 saturated carbocycles. The molecule has 0 atom stereocenters. The molecule has 0 aliphatic rings. The van der Waals surface area contributed by atoms with E-state index in [0.717, 1.165) is 19.1 Å². The Labute approximate surface area is 130 Å². The number of hydrogen-bond donors (Lipinski definition) is 1. The van der Waals surface area contributed by atoms with Crippen molar-refractivity contribution in [1.29, 1.82) is 0 Å². The number of anilines is 1. The van der Waals surface area contributed by atoms with Gasteiger partial charge in [-0.2, -0.15) is 0 Å². The summed E-state index contributed by atoms with van der Waals surface area (Å²) in [6.45, 7) is 0.439. The molecule has 0 aliphatic heterocycles. The molecule has 5 heteroatoms. The third-order valence-electron chi connectivity index (χ3n) is 2.41. The summed E-state index contributed by atoms with van der Waals surface area (Å²) in [7, 11) is 0. The average Bonchev–Trinajstić information content (AvgIpc) is 2.32. The van der Waals surface area contributed by atoms with E-state index in [4.69, 9.17) is 0 Å². The van der Waals surface area contributed by atoms with Crippen LogP contribution in [0.3, 0.4) is 0 Å². The minimum Gasteiger partial charge on any atom is -0.380 e. The summed E-state index contributed by atoms with van der Waals surface area (Å²) in [5.74, 6) is -0.219. The Bertz CT molecular complexity index is 572. The molecule has 2 aromatic carbocycles. The lowest BCUT2D eigenvalue weighted by molar-refractivity contribution is 0.612. The largest absolute Gasteiger partial charge is 0.380 e. The number of nitrogens with one attached hydrogen (secondary N) is 1. The molecule has 0 radical (unpaired) electrons. The topological polar surface area (TPSA) is 12.0 Å². The van der Waals surface area contributed by atoms with Gasteiger partial charge in [-0.15, -0.1) is 0 Å². The molecule has 0 spiro atoms. The molecule has 1 N–H and O–H groups in total. The molecule has 0 aliphatic carbocycles. The van der Waals surface area contributed by atoms with Crippen LogP contribution in [-0.4, -0.2) is 0 Å². The van der Waals surface area contributed by atoms with Gasteiger partial charge in [-0.25, -0.2) is 4.39 Å². The molecule has 0 amide bonds. The van der Waals surface area contributed by atoms with Gasteiger partial charge in [0.15, 0.2) is 0 Å². The molecule has 2 aromatic rings. The van der Waals surface area contributed by atoms with E-state index in [1.165, 1.54) is 6.07 Å². The molecule has 0 bridgehead atoms. The third-order valence-corrected chi connectivity index (χ3v) is 4.09. The van der Waals surface area contributed by atoms with E-state index >= 15 is 0 Å². The van der Waals surface area contributed by atoms with E-state index in [1.807, 2.05) is 24.3 Å². The van der Waals surface area contributed by atoms with Crippen LogP contribution in [-0.2, 0) is 6.54 Å². The standard InChI is InChI=1S/C13H9Br3FN/c14-9-2-1-8(12(17)5-9)7-18-13-6-10(15)3-4-11(13)16/h1-6,18H,7H2. The van der Waals surface area contributed by atoms with Crippen LogP contribution in [0.1, 0.15) is 5.56 Å². The van der Waals surface area contributed by atoms with Crippen molar-refractivity contribution in [3.63, 3.8) is 0 Å². The first-order chi connectivity index (χ1) is 8.56. The zero-order valence-electron chi connectivity index (χ0n) is 9.18.